The van der Waals surface area contributed by atoms with E-state index >= 15 is 0 Å². The summed E-state index contributed by atoms with van der Waals surface area (Å²) in [4.78, 5) is 11.0. The van der Waals surface area contributed by atoms with E-state index in [-0.39, 0.29) is 11.8 Å². The lowest BCUT2D eigenvalue weighted by Gasteiger charge is -2.17. The van der Waals surface area contributed by atoms with Gasteiger partial charge in [0.15, 0.2) is 0 Å². The molecule has 1 rings (SSSR count). The normalized spacial score (nSPS) is 12.3. The summed E-state index contributed by atoms with van der Waals surface area (Å²) in [6.45, 7) is 5.68. The quantitative estimate of drug-likeness (QED) is 0.853. The number of benzene rings is 1. The molecule has 0 fully saturated rings. The Balaban J connectivity index is 2.95. The SMILES string of the molecule is COc1cc(C)c(C)cc1C(N)CCC(C)=O. The smallest absolute Gasteiger partial charge is 0.129 e. The van der Waals surface area contributed by atoms with Gasteiger partial charge >= 0.3 is 0 Å². The number of ether oxygens (including phenoxy) is 1. The third kappa shape index (κ3) is 3.56. The third-order valence-electron chi connectivity index (χ3n) is 3.05. The standard InChI is InChI=1S/C14H21NO2/c1-9-7-12(13(15)6-5-11(3)16)14(17-4)8-10(9)2/h7-8,13H,5-6,15H2,1-4H3. The molecule has 0 bridgehead atoms. The van der Waals surface area contributed by atoms with Crippen LogP contribution in [0.25, 0.3) is 0 Å². The van der Waals surface area contributed by atoms with Crippen LogP contribution in [0.2, 0.25) is 0 Å². The van der Waals surface area contributed by atoms with Crippen molar-refractivity contribution in [3.05, 3.63) is 28.8 Å². The van der Waals surface area contributed by atoms with Gasteiger partial charge in [0.25, 0.3) is 0 Å². The number of carbonyl (C=O) groups is 1. The zero-order valence-electron chi connectivity index (χ0n) is 11.0. The van der Waals surface area contributed by atoms with Gasteiger partial charge in [0.05, 0.1) is 7.11 Å². The van der Waals surface area contributed by atoms with Crippen LogP contribution < -0.4 is 10.5 Å². The van der Waals surface area contributed by atoms with Crippen molar-refractivity contribution in [3.63, 3.8) is 0 Å². The van der Waals surface area contributed by atoms with Gasteiger partial charge in [-0.1, -0.05) is 6.07 Å². The second-order valence-electron chi connectivity index (χ2n) is 4.53. The highest BCUT2D eigenvalue weighted by atomic mass is 16.5. The first kappa shape index (κ1) is 13.7. The highest BCUT2D eigenvalue weighted by Gasteiger charge is 2.14. The van der Waals surface area contributed by atoms with Crippen molar-refractivity contribution in [2.24, 2.45) is 5.73 Å². The lowest BCUT2D eigenvalue weighted by Crippen LogP contribution is -2.13. The van der Waals surface area contributed by atoms with Crippen molar-refractivity contribution in [1.82, 2.24) is 0 Å². The molecule has 0 aliphatic rings. The maximum atomic E-state index is 11.0. The molecule has 0 spiro atoms. The van der Waals surface area contributed by atoms with Gasteiger partial charge in [-0.2, -0.15) is 0 Å². The average molecular weight is 235 g/mol. The van der Waals surface area contributed by atoms with E-state index in [2.05, 4.69) is 13.0 Å². The van der Waals surface area contributed by atoms with E-state index in [1.165, 1.54) is 11.1 Å². The van der Waals surface area contributed by atoms with E-state index in [9.17, 15) is 4.79 Å². The number of hydrogen-bond donors (Lipinski definition) is 1. The molecule has 0 heterocycles. The fraction of sp³-hybridized carbons (Fsp3) is 0.500. The van der Waals surface area contributed by atoms with Gasteiger partial charge in [-0.3, -0.25) is 0 Å². The first-order chi connectivity index (χ1) is 7.95. The largest absolute Gasteiger partial charge is 0.496 e. The fourth-order valence-electron chi connectivity index (χ4n) is 1.79. The maximum Gasteiger partial charge on any atom is 0.129 e. The van der Waals surface area contributed by atoms with Crippen LogP contribution in [0.5, 0.6) is 5.75 Å². The summed E-state index contributed by atoms with van der Waals surface area (Å²) in [6.07, 6.45) is 1.17. The average Bonchev–Trinajstić information content (AvgIpc) is 2.28. The number of nitrogens with two attached hydrogens (primary N) is 1. The topological polar surface area (TPSA) is 52.3 Å². The van der Waals surface area contributed by atoms with Crippen molar-refractivity contribution >= 4 is 5.78 Å². The fourth-order valence-corrected chi connectivity index (χ4v) is 1.79. The molecule has 1 aromatic carbocycles. The molecule has 0 aromatic heterocycles. The molecule has 0 aliphatic carbocycles. The number of ketones is 1. The van der Waals surface area contributed by atoms with Gasteiger partial charge in [0.2, 0.25) is 0 Å². The highest BCUT2D eigenvalue weighted by Crippen LogP contribution is 2.29. The van der Waals surface area contributed by atoms with Crippen LogP contribution in [-0.2, 0) is 4.79 Å². The molecular formula is C14H21NO2. The lowest BCUT2D eigenvalue weighted by atomic mass is 9.97. The van der Waals surface area contributed by atoms with E-state index in [0.29, 0.717) is 12.8 Å². The van der Waals surface area contributed by atoms with Crippen LogP contribution in [0.15, 0.2) is 12.1 Å². The lowest BCUT2D eigenvalue weighted by molar-refractivity contribution is -0.117. The van der Waals surface area contributed by atoms with E-state index in [4.69, 9.17) is 10.5 Å². The van der Waals surface area contributed by atoms with Crippen molar-refractivity contribution < 1.29 is 9.53 Å². The Morgan fingerprint density at radius 1 is 1.35 bits per heavy atom. The van der Waals surface area contributed by atoms with Gasteiger partial charge in [0.1, 0.15) is 11.5 Å². The zero-order valence-corrected chi connectivity index (χ0v) is 11.0. The minimum atomic E-state index is -0.145. The van der Waals surface area contributed by atoms with Crippen LogP contribution in [0.1, 0.15) is 42.5 Å². The van der Waals surface area contributed by atoms with Crippen molar-refractivity contribution in [2.45, 2.75) is 39.7 Å². The Bertz CT molecular complexity index is 413. The molecule has 17 heavy (non-hydrogen) atoms. The van der Waals surface area contributed by atoms with Gasteiger partial charge in [-0.25, -0.2) is 0 Å². The Kier molecular flexibility index (Phi) is 4.70. The number of hydrogen-bond acceptors (Lipinski definition) is 3. The summed E-state index contributed by atoms with van der Waals surface area (Å²) in [7, 11) is 1.64. The molecule has 3 heteroatoms. The Labute approximate surface area is 103 Å². The van der Waals surface area contributed by atoms with Crippen molar-refractivity contribution in [2.75, 3.05) is 7.11 Å². The Morgan fingerprint density at radius 3 is 2.47 bits per heavy atom. The van der Waals surface area contributed by atoms with Crippen molar-refractivity contribution in [1.29, 1.82) is 0 Å². The molecule has 0 saturated heterocycles. The van der Waals surface area contributed by atoms with Gasteiger partial charge in [-0.05, 0) is 44.4 Å². The Morgan fingerprint density at radius 2 is 1.94 bits per heavy atom. The molecule has 3 nitrogen and oxygen atoms in total. The third-order valence-corrected chi connectivity index (χ3v) is 3.05. The summed E-state index contributed by atoms with van der Waals surface area (Å²) in [6, 6.07) is 3.91. The zero-order chi connectivity index (χ0) is 13.0. The number of Topliss-reactive ketones (excluding diaryl/α,β-unsaturated/α-hetero) is 1. The van der Waals surface area contributed by atoms with Crippen LogP contribution in [0, 0.1) is 13.8 Å². The molecule has 0 aliphatic heterocycles. The minimum Gasteiger partial charge on any atom is -0.496 e. The molecule has 0 amide bonds. The van der Waals surface area contributed by atoms with E-state index in [1.54, 1.807) is 14.0 Å². The van der Waals surface area contributed by atoms with Crippen LogP contribution >= 0.6 is 0 Å². The van der Waals surface area contributed by atoms with E-state index < -0.39 is 0 Å². The number of aryl methyl sites for hydroxylation is 2. The maximum absolute atomic E-state index is 11.0. The molecule has 94 valence electrons. The number of carbonyl (C=O) groups excluding carboxylic acids is 1. The molecule has 1 atom stereocenters. The Hall–Kier alpha value is -1.35. The first-order valence-electron chi connectivity index (χ1n) is 5.86. The second-order valence-corrected chi connectivity index (χ2v) is 4.53. The second kappa shape index (κ2) is 5.82. The summed E-state index contributed by atoms with van der Waals surface area (Å²) in [5, 5.41) is 0. The van der Waals surface area contributed by atoms with Crippen LogP contribution in [0.3, 0.4) is 0 Å². The van der Waals surface area contributed by atoms with Crippen LogP contribution in [0.4, 0.5) is 0 Å². The first-order valence-corrected chi connectivity index (χ1v) is 5.86. The molecule has 0 saturated carbocycles. The number of rotatable bonds is 5. The van der Waals surface area contributed by atoms with E-state index in [0.717, 1.165) is 11.3 Å². The molecular weight excluding hydrogens is 214 g/mol. The monoisotopic (exact) mass is 235 g/mol. The summed E-state index contributed by atoms with van der Waals surface area (Å²) < 4.78 is 5.34. The highest BCUT2D eigenvalue weighted by molar-refractivity contribution is 5.75. The molecule has 1 aromatic rings. The van der Waals surface area contributed by atoms with Gasteiger partial charge < -0.3 is 15.3 Å². The predicted octanol–water partition coefficient (Wildman–Crippen LogP) is 2.68. The minimum absolute atomic E-state index is 0.145. The molecule has 1 unspecified atom stereocenters. The number of methoxy groups -OCH3 is 1. The van der Waals surface area contributed by atoms with Crippen LogP contribution in [-0.4, -0.2) is 12.9 Å². The summed E-state index contributed by atoms with van der Waals surface area (Å²) >= 11 is 0. The van der Waals surface area contributed by atoms with E-state index in [1.807, 2.05) is 13.0 Å². The van der Waals surface area contributed by atoms with Gasteiger partial charge in [-0.15, -0.1) is 0 Å². The summed E-state index contributed by atoms with van der Waals surface area (Å²) in [5.74, 6) is 0.979. The molecule has 2 N–H and O–H groups in total. The molecule has 0 radical (unpaired) electrons. The predicted molar refractivity (Wildman–Crippen MR) is 69.3 cm³/mol. The summed E-state index contributed by atoms with van der Waals surface area (Å²) in [5.41, 5.74) is 9.47. The van der Waals surface area contributed by atoms with Crippen molar-refractivity contribution in [3.8, 4) is 5.75 Å². The van der Waals surface area contributed by atoms with Gasteiger partial charge in [0, 0.05) is 18.0 Å².